The highest BCUT2D eigenvalue weighted by Gasteiger charge is 2.20. The van der Waals surface area contributed by atoms with Gasteiger partial charge < -0.3 is 10.6 Å². The Morgan fingerprint density at radius 2 is 2.11 bits per heavy atom. The summed E-state index contributed by atoms with van der Waals surface area (Å²) in [7, 11) is 0. The number of halogens is 2. The van der Waals surface area contributed by atoms with Crippen molar-refractivity contribution in [3.05, 3.63) is 27.1 Å². The van der Waals surface area contributed by atoms with Crippen molar-refractivity contribution in [1.82, 2.24) is 5.32 Å². The molecular weight excluding hydrogens is 360 g/mol. The molecule has 3 nitrogen and oxygen atoms in total. The minimum Gasteiger partial charge on any atom is -0.324 e. The number of hydrogen-bond donors (Lipinski definition) is 2. The van der Waals surface area contributed by atoms with Crippen LogP contribution in [0.2, 0.25) is 0 Å². The lowest BCUT2D eigenvalue weighted by Gasteiger charge is -2.16. The number of carbonyl (C=O) groups is 1. The third-order valence-corrected chi connectivity index (χ3v) is 4.25. The average molecular weight is 376 g/mol. The summed E-state index contributed by atoms with van der Waals surface area (Å²) in [5.74, 6) is 0.0516. The Kier molecular flexibility index (Phi) is 5.21. The molecule has 1 amide bonds. The van der Waals surface area contributed by atoms with Crippen molar-refractivity contribution in [1.29, 1.82) is 0 Å². The highest BCUT2D eigenvalue weighted by atomic mass is 79.9. The molecule has 1 saturated heterocycles. The topological polar surface area (TPSA) is 41.1 Å². The summed E-state index contributed by atoms with van der Waals surface area (Å²) in [4.78, 5) is 12.2. The van der Waals surface area contributed by atoms with Gasteiger partial charge >= 0.3 is 0 Å². The molecule has 0 aliphatic carbocycles. The van der Waals surface area contributed by atoms with Gasteiger partial charge in [0, 0.05) is 8.95 Å². The largest absolute Gasteiger partial charge is 0.324 e. The molecule has 1 heterocycles. The van der Waals surface area contributed by atoms with E-state index in [-0.39, 0.29) is 11.9 Å². The van der Waals surface area contributed by atoms with Crippen LogP contribution in [0.25, 0.3) is 0 Å². The minimum absolute atomic E-state index is 0.0516. The molecule has 2 N–H and O–H groups in total. The highest BCUT2D eigenvalue weighted by molar-refractivity contribution is 9.11. The lowest BCUT2D eigenvalue weighted by atomic mass is 10.1. The zero-order chi connectivity index (χ0) is 13.0. The van der Waals surface area contributed by atoms with E-state index in [1.54, 1.807) is 0 Å². The normalized spacial score (nSPS) is 20.2. The van der Waals surface area contributed by atoms with Crippen LogP contribution in [0.4, 0.5) is 5.69 Å². The Labute approximate surface area is 124 Å². The average Bonchev–Trinajstić information content (AvgIpc) is 2.62. The van der Waals surface area contributed by atoms with Crippen LogP contribution in [0.3, 0.4) is 0 Å². The van der Waals surface area contributed by atoms with Crippen LogP contribution in [0.15, 0.2) is 27.1 Å². The number of nitrogens with one attached hydrogen (secondary N) is 2. The van der Waals surface area contributed by atoms with Gasteiger partial charge in [-0.3, -0.25) is 4.79 Å². The zero-order valence-electron chi connectivity index (χ0n) is 10.0. The Balaban J connectivity index is 2.03. The fraction of sp³-hybridized carbons (Fsp3) is 0.462. The van der Waals surface area contributed by atoms with Crippen molar-refractivity contribution >= 4 is 43.5 Å². The van der Waals surface area contributed by atoms with Crippen molar-refractivity contribution in [2.24, 2.45) is 0 Å². The fourth-order valence-electron chi connectivity index (χ4n) is 2.07. The van der Waals surface area contributed by atoms with E-state index in [1.165, 1.54) is 6.42 Å². The monoisotopic (exact) mass is 374 g/mol. The first-order valence-electron chi connectivity index (χ1n) is 6.16. The Hall–Kier alpha value is -0.390. The van der Waals surface area contributed by atoms with Gasteiger partial charge in [0.25, 0.3) is 0 Å². The van der Waals surface area contributed by atoms with Crippen LogP contribution in [-0.2, 0) is 4.79 Å². The standard InChI is InChI=1S/C13H16Br2N2O/c14-9-5-6-10(15)12(8-9)17-13(18)11-4-2-1-3-7-16-11/h5-6,8,11,16H,1-4,7H2,(H,17,18). The summed E-state index contributed by atoms with van der Waals surface area (Å²) >= 11 is 6.85. The van der Waals surface area contributed by atoms with Gasteiger partial charge in [-0.15, -0.1) is 0 Å². The van der Waals surface area contributed by atoms with E-state index in [1.807, 2.05) is 18.2 Å². The molecule has 18 heavy (non-hydrogen) atoms. The minimum atomic E-state index is -0.0709. The van der Waals surface area contributed by atoms with Gasteiger partial charge in [-0.05, 0) is 53.5 Å². The molecule has 0 spiro atoms. The van der Waals surface area contributed by atoms with Crippen LogP contribution < -0.4 is 10.6 Å². The molecule has 1 aliphatic heterocycles. The highest BCUT2D eigenvalue weighted by Crippen LogP contribution is 2.26. The number of benzene rings is 1. The van der Waals surface area contributed by atoms with Crippen LogP contribution in [0, 0.1) is 0 Å². The van der Waals surface area contributed by atoms with Crippen LogP contribution in [-0.4, -0.2) is 18.5 Å². The van der Waals surface area contributed by atoms with E-state index in [4.69, 9.17) is 0 Å². The van der Waals surface area contributed by atoms with E-state index in [0.717, 1.165) is 40.4 Å². The lowest BCUT2D eigenvalue weighted by Crippen LogP contribution is -2.39. The summed E-state index contributed by atoms with van der Waals surface area (Å²) in [5, 5.41) is 6.27. The van der Waals surface area contributed by atoms with Gasteiger partial charge in [-0.25, -0.2) is 0 Å². The molecule has 0 radical (unpaired) electrons. The van der Waals surface area contributed by atoms with Gasteiger partial charge in [-0.1, -0.05) is 28.8 Å². The molecular formula is C13H16Br2N2O. The molecule has 0 saturated carbocycles. The molecule has 98 valence electrons. The molecule has 1 atom stereocenters. The third kappa shape index (κ3) is 3.80. The second-order valence-corrected chi connectivity index (χ2v) is 6.24. The maximum absolute atomic E-state index is 12.2. The Morgan fingerprint density at radius 1 is 1.28 bits per heavy atom. The smallest absolute Gasteiger partial charge is 0.241 e. The summed E-state index contributed by atoms with van der Waals surface area (Å²) in [6.45, 7) is 0.928. The zero-order valence-corrected chi connectivity index (χ0v) is 13.2. The maximum Gasteiger partial charge on any atom is 0.241 e. The molecule has 0 aromatic heterocycles. The fourth-order valence-corrected chi connectivity index (χ4v) is 2.77. The van der Waals surface area contributed by atoms with Crippen molar-refractivity contribution in [2.75, 3.05) is 11.9 Å². The SMILES string of the molecule is O=C(Nc1cc(Br)ccc1Br)C1CCCCCN1. The van der Waals surface area contributed by atoms with Gasteiger partial charge in [-0.2, -0.15) is 0 Å². The van der Waals surface area contributed by atoms with E-state index >= 15 is 0 Å². The van der Waals surface area contributed by atoms with Gasteiger partial charge in [0.1, 0.15) is 0 Å². The maximum atomic E-state index is 12.2. The first-order chi connectivity index (χ1) is 8.66. The first kappa shape index (κ1) is 14.0. The molecule has 1 aromatic carbocycles. The van der Waals surface area contributed by atoms with Crippen LogP contribution in [0.1, 0.15) is 25.7 Å². The van der Waals surface area contributed by atoms with Crippen LogP contribution >= 0.6 is 31.9 Å². The predicted molar refractivity (Wildman–Crippen MR) is 80.7 cm³/mol. The molecule has 1 fully saturated rings. The molecule has 1 aromatic rings. The quantitative estimate of drug-likeness (QED) is 0.827. The first-order valence-corrected chi connectivity index (χ1v) is 7.75. The lowest BCUT2D eigenvalue weighted by molar-refractivity contribution is -0.118. The molecule has 1 unspecified atom stereocenters. The predicted octanol–water partition coefficient (Wildman–Crippen LogP) is 3.68. The van der Waals surface area contributed by atoms with Crippen molar-refractivity contribution in [2.45, 2.75) is 31.7 Å². The van der Waals surface area contributed by atoms with E-state index < -0.39 is 0 Å². The number of amides is 1. The summed E-state index contributed by atoms with van der Waals surface area (Å²) in [6, 6.07) is 5.68. The number of hydrogen-bond acceptors (Lipinski definition) is 2. The summed E-state index contributed by atoms with van der Waals surface area (Å²) in [5.41, 5.74) is 0.806. The van der Waals surface area contributed by atoms with E-state index in [0.29, 0.717) is 0 Å². The summed E-state index contributed by atoms with van der Waals surface area (Å²) in [6.07, 6.45) is 4.39. The van der Waals surface area contributed by atoms with Crippen LogP contribution in [0.5, 0.6) is 0 Å². The molecule has 5 heteroatoms. The van der Waals surface area contributed by atoms with Crippen molar-refractivity contribution in [3.8, 4) is 0 Å². The second-order valence-electron chi connectivity index (χ2n) is 4.47. The molecule has 1 aliphatic rings. The van der Waals surface area contributed by atoms with Crippen molar-refractivity contribution < 1.29 is 4.79 Å². The number of anilines is 1. The Morgan fingerprint density at radius 3 is 2.94 bits per heavy atom. The van der Waals surface area contributed by atoms with Gasteiger partial charge in [0.15, 0.2) is 0 Å². The van der Waals surface area contributed by atoms with E-state index in [2.05, 4.69) is 42.5 Å². The van der Waals surface area contributed by atoms with Crippen molar-refractivity contribution in [3.63, 3.8) is 0 Å². The van der Waals surface area contributed by atoms with Gasteiger partial charge in [0.2, 0.25) is 5.91 Å². The summed E-state index contributed by atoms with van der Waals surface area (Å²) < 4.78 is 1.85. The third-order valence-electron chi connectivity index (χ3n) is 3.06. The Bertz CT molecular complexity index is 429. The number of rotatable bonds is 2. The second kappa shape index (κ2) is 6.68. The molecule has 2 rings (SSSR count). The molecule has 0 bridgehead atoms. The van der Waals surface area contributed by atoms with Gasteiger partial charge in [0.05, 0.1) is 11.7 Å². The number of carbonyl (C=O) groups excluding carboxylic acids is 1. The van der Waals surface area contributed by atoms with E-state index in [9.17, 15) is 4.79 Å².